The molecule has 2 aromatic heterocycles. The number of halogens is 1. The maximum Gasteiger partial charge on any atom is 0.143 e. The summed E-state index contributed by atoms with van der Waals surface area (Å²) in [7, 11) is 0. The summed E-state index contributed by atoms with van der Waals surface area (Å²) in [5.41, 5.74) is 4.55. The first kappa shape index (κ1) is 17.2. The Morgan fingerprint density at radius 3 is 2.52 bits per heavy atom. The third-order valence-electron chi connectivity index (χ3n) is 4.55. The van der Waals surface area contributed by atoms with Gasteiger partial charge in [0.25, 0.3) is 0 Å². The minimum atomic E-state index is 0.171. The number of fused-ring (bicyclic) bond motifs is 1. The Labute approximate surface area is 159 Å². The molecule has 0 unspecified atom stereocenters. The molecule has 4 aromatic rings. The monoisotopic (exact) mass is 381 g/mol. The van der Waals surface area contributed by atoms with Crippen LogP contribution in [0.5, 0.6) is 5.75 Å². The van der Waals surface area contributed by atoms with Crippen molar-refractivity contribution in [2.75, 3.05) is 0 Å². The fraction of sp³-hybridized carbons (Fsp3) is 0.100. The largest absolute Gasteiger partial charge is 0.508 e. The van der Waals surface area contributed by atoms with Crippen LogP contribution in [0.3, 0.4) is 0 Å². The van der Waals surface area contributed by atoms with Gasteiger partial charge < -0.3 is 19.4 Å². The fourth-order valence-electron chi connectivity index (χ4n) is 3.45. The molecule has 0 bridgehead atoms. The van der Waals surface area contributed by atoms with Gasteiger partial charge in [0.05, 0.1) is 33.7 Å². The molecule has 2 aromatic carbocycles. The quantitative estimate of drug-likeness (QED) is 0.295. The lowest BCUT2D eigenvalue weighted by molar-refractivity contribution is 0.322. The smallest absolute Gasteiger partial charge is 0.143 e. The number of oxime groups is 1. The first-order chi connectivity index (χ1) is 13.0. The predicted octanol–water partition coefficient (Wildman–Crippen LogP) is 5.07. The molecule has 0 spiro atoms. The Kier molecular flexibility index (Phi) is 4.12. The molecule has 0 aliphatic rings. The lowest BCUT2D eigenvalue weighted by atomic mass is 10.0. The molecule has 6 nitrogen and oxygen atoms in total. The molecule has 27 heavy (non-hydrogen) atoms. The van der Waals surface area contributed by atoms with Crippen molar-refractivity contribution in [3.8, 4) is 22.7 Å². The molecule has 4 rings (SSSR count). The number of hydrogen-bond donors (Lipinski definition) is 2. The van der Waals surface area contributed by atoms with Crippen LogP contribution >= 0.6 is 11.6 Å². The lowest BCUT2D eigenvalue weighted by Crippen LogP contribution is -1.99. The number of aromatic hydroxyl groups is 1. The third-order valence-corrected chi connectivity index (χ3v) is 4.86. The van der Waals surface area contributed by atoms with E-state index in [0.717, 1.165) is 27.8 Å². The van der Waals surface area contributed by atoms with Crippen LogP contribution in [0.1, 0.15) is 17.0 Å². The van der Waals surface area contributed by atoms with Gasteiger partial charge in [-0.1, -0.05) is 28.0 Å². The first-order valence-corrected chi connectivity index (χ1v) is 8.63. The number of aromatic nitrogens is 2. The van der Waals surface area contributed by atoms with Crippen molar-refractivity contribution in [3.63, 3.8) is 0 Å². The molecular weight excluding hydrogens is 366 g/mol. The molecule has 2 N–H and O–H groups in total. The van der Waals surface area contributed by atoms with Crippen LogP contribution in [-0.2, 0) is 0 Å². The summed E-state index contributed by atoms with van der Waals surface area (Å²) < 4.78 is 7.37. The average molecular weight is 382 g/mol. The lowest BCUT2D eigenvalue weighted by Gasteiger charge is -2.12. The minimum absolute atomic E-state index is 0.171. The maximum absolute atomic E-state index is 9.68. The van der Waals surface area contributed by atoms with Crippen molar-refractivity contribution in [1.82, 2.24) is 9.72 Å². The molecule has 0 aliphatic heterocycles. The van der Waals surface area contributed by atoms with Gasteiger partial charge in [0.2, 0.25) is 0 Å². The Morgan fingerprint density at radius 2 is 1.89 bits per heavy atom. The molecule has 0 atom stereocenters. The molecule has 0 aliphatic carbocycles. The van der Waals surface area contributed by atoms with Crippen LogP contribution in [0.4, 0.5) is 0 Å². The molecular formula is C20H16ClN3O3. The van der Waals surface area contributed by atoms with Crippen molar-refractivity contribution in [2.24, 2.45) is 5.16 Å². The Morgan fingerprint density at radius 1 is 1.15 bits per heavy atom. The Bertz CT molecular complexity index is 1150. The van der Waals surface area contributed by atoms with Crippen LogP contribution in [0.15, 0.2) is 52.1 Å². The maximum atomic E-state index is 9.68. The molecule has 0 saturated carbocycles. The molecule has 7 heteroatoms. The van der Waals surface area contributed by atoms with Gasteiger partial charge in [-0.05, 0) is 50.2 Å². The van der Waals surface area contributed by atoms with E-state index in [4.69, 9.17) is 16.1 Å². The second-order valence-electron chi connectivity index (χ2n) is 6.19. The van der Waals surface area contributed by atoms with Crippen molar-refractivity contribution in [1.29, 1.82) is 0 Å². The van der Waals surface area contributed by atoms with Gasteiger partial charge in [0.1, 0.15) is 11.5 Å². The second kappa shape index (κ2) is 6.48. The number of hydrogen-bond acceptors (Lipinski definition) is 5. The van der Waals surface area contributed by atoms with Crippen LogP contribution in [0.2, 0.25) is 5.02 Å². The third kappa shape index (κ3) is 2.65. The van der Waals surface area contributed by atoms with E-state index in [1.54, 1.807) is 30.3 Å². The van der Waals surface area contributed by atoms with Crippen molar-refractivity contribution in [2.45, 2.75) is 13.8 Å². The molecule has 2 heterocycles. The van der Waals surface area contributed by atoms with E-state index in [-0.39, 0.29) is 5.75 Å². The highest BCUT2D eigenvalue weighted by atomic mass is 35.5. The summed E-state index contributed by atoms with van der Waals surface area (Å²) in [6, 6.07) is 12.4. The summed E-state index contributed by atoms with van der Waals surface area (Å²) in [5, 5.41) is 27.6. The van der Waals surface area contributed by atoms with Gasteiger partial charge in [-0.15, -0.1) is 0 Å². The highest BCUT2D eigenvalue weighted by molar-refractivity contribution is 6.37. The highest BCUT2D eigenvalue weighted by Crippen LogP contribution is 2.41. The van der Waals surface area contributed by atoms with Crippen molar-refractivity contribution < 1.29 is 14.8 Å². The van der Waals surface area contributed by atoms with Crippen LogP contribution in [0.25, 0.3) is 27.8 Å². The molecule has 0 saturated heterocycles. The van der Waals surface area contributed by atoms with Crippen molar-refractivity contribution in [3.05, 3.63) is 64.5 Å². The predicted molar refractivity (Wildman–Crippen MR) is 104 cm³/mol. The topological polar surface area (TPSA) is 83.8 Å². The van der Waals surface area contributed by atoms with Gasteiger partial charge in [-0.2, -0.15) is 0 Å². The zero-order valence-corrected chi connectivity index (χ0v) is 15.4. The average Bonchev–Trinajstić information content (AvgIpc) is 3.14. The molecule has 136 valence electrons. The van der Waals surface area contributed by atoms with Gasteiger partial charge in [0, 0.05) is 16.6 Å². The van der Waals surface area contributed by atoms with Crippen molar-refractivity contribution >= 4 is 28.7 Å². The minimum Gasteiger partial charge on any atom is -0.508 e. The highest BCUT2D eigenvalue weighted by Gasteiger charge is 2.25. The van der Waals surface area contributed by atoms with Crippen LogP contribution in [0, 0.1) is 13.8 Å². The number of phenols is 1. The molecule has 0 amide bonds. The van der Waals surface area contributed by atoms with Gasteiger partial charge in [-0.3, -0.25) is 0 Å². The van der Waals surface area contributed by atoms with E-state index in [0.29, 0.717) is 22.0 Å². The SMILES string of the molecule is Cc1noc(C)c1-c1c(C=NO)c2c(Cl)cccc2n1-c1ccc(O)cc1. The number of benzene rings is 2. The summed E-state index contributed by atoms with van der Waals surface area (Å²) in [6.07, 6.45) is 1.37. The fourth-order valence-corrected chi connectivity index (χ4v) is 3.72. The number of nitrogens with zero attached hydrogens (tertiary/aromatic N) is 3. The normalized spacial score (nSPS) is 11.7. The van der Waals surface area contributed by atoms with Gasteiger partial charge >= 0.3 is 0 Å². The Hall–Kier alpha value is -3.25. The summed E-state index contributed by atoms with van der Waals surface area (Å²) in [5.74, 6) is 0.809. The van der Waals surface area contributed by atoms with E-state index in [9.17, 15) is 10.3 Å². The zero-order chi connectivity index (χ0) is 19.1. The second-order valence-corrected chi connectivity index (χ2v) is 6.60. The summed E-state index contributed by atoms with van der Waals surface area (Å²) in [6.45, 7) is 3.68. The van der Waals surface area contributed by atoms with Gasteiger partial charge in [-0.25, -0.2) is 0 Å². The first-order valence-electron chi connectivity index (χ1n) is 8.26. The van der Waals surface area contributed by atoms with Crippen LogP contribution in [-0.4, -0.2) is 26.3 Å². The van der Waals surface area contributed by atoms with E-state index < -0.39 is 0 Å². The standard InChI is InChI=1S/C20H16ClN3O3/c1-11-18(12(2)27-23-11)20-15(10-22-26)19-16(21)4-3-5-17(19)24(20)13-6-8-14(25)9-7-13/h3-10,25-26H,1-2H3. The number of rotatable bonds is 3. The van der Waals surface area contributed by atoms with E-state index >= 15 is 0 Å². The van der Waals surface area contributed by atoms with E-state index in [1.807, 2.05) is 30.5 Å². The Balaban J connectivity index is 2.23. The van der Waals surface area contributed by atoms with E-state index in [1.165, 1.54) is 6.21 Å². The van der Waals surface area contributed by atoms with Crippen LogP contribution < -0.4 is 0 Å². The number of phenolic OH excluding ortho intramolecular Hbond substituents is 1. The van der Waals surface area contributed by atoms with E-state index in [2.05, 4.69) is 10.3 Å². The summed E-state index contributed by atoms with van der Waals surface area (Å²) >= 11 is 6.50. The zero-order valence-electron chi connectivity index (χ0n) is 14.6. The number of aryl methyl sites for hydroxylation is 2. The summed E-state index contributed by atoms with van der Waals surface area (Å²) in [4.78, 5) is 0. The van der Waals surface area contributed by atoms with Gasteiger partial charge in [0.15, 0.2) is 0 Å². The molecule has 0 fully saturated rings. The molecule has 0 radical (unpaired) electrons.